The van der Waals surface area contributed by atoms with Crippen molar-refractivity contribution in [3.63, 3.8) is 0 Å². The summed E-state index contributed by atoms with van der Waals surface area (Å²) in [6.45, 7) is 1.60. The Bertz CT molecular complexity index is 438. The second kappa shape index (κ2) is 7.53. The first-order valence-electron chi connectivity index (χ1n) is 6.98. The van der Waals surface area contributed by atoms with Crippen molar-refractivity contribution in [2.24, 2.45) is 0 Å². The lowest BCUT2D eigenvalue weighted by Crippen LogP contribution is -2.45. The molecule has 0 spiro atoms. The highest BCUT2D eigenvalue weighted by Crippen LogP contribution is 2.17. The molecule has 1 unspecified atom stereocenters. The quantitative estimate of drug-likeness (QED) is 0.906. The Morgan fingerprint density at radius 2 is 2.20 bits per heavy atom. The number of rotatable bonds is 5. The van der Waals surface area contributed by atoms with Gasteiger partial charge in [-0.25, -0.2) is 4.39 Å². The largest absolute Gasteiger partial charge is 0.381 e. The van der Waals surface area contributed by atoms with Crippen molar-refractivity contribution in [2.75, 3.05) is 30.4 Å². The molecule has 0 saturated carbocycles. The zero-order valence-corrected chi connectivity index (χ0v) is 12.6. The van der Waals surface area contributed by atoms with Crippen molar-refractivity contribution in [3.8, 4) is 0 Å². The number of hydrogen-bond acceptors (Lipinski definition) is 3. The van der Waals surface area contributed by atoms with Crippen LogP contribution in [0.3, 0.4) is 0 Å². The molecule has 1 N–H and O–H groups in total. The van der Waals surface area contributed by atoms with Crippen molar-refractivity contribution >= 4 is 23.4 Å². The Hall–Kier alpha value is -1.23. The van der Waals surface area contributed by atoms with Crippen LogP contribution in [0, 0.1) is 5.82 Å². The predicted octanol–water partition coefficient (Wildman–Crippen LogP) is 2.98. The number of nitrogens with zero attached hydrogens (tertiary/aromatic N) is 1. The number of anilines is 1. The summed E-state index contributed by atoms with van der Waals surface area (Å²) in [5.41, 5.74) is 0.912. The van der Waals surface area contributed by atoms with Gasteiger partial charge in [0.05, 0.1) is 0 Å². The number of nitrogens with one attached hydrogen (secondary N) is 1. The maximum atomic E-state index is 12.9. The number of benzene rings is 1. The molecule has 0 radical (unpaired) electrons. The van der Waals surface area contributed by atoms with Gasteiger partial charge in [-0.3, -0.25) is 4.79 Å². The van der Waals surface area contributed by atoms with Crippen LogP contribution in [0.4, 0.5) is 10.1 Å². The van der Waals surface area contributed by atoms with E-state index in [0.29, 0.717) is 6.42 Å². The van der Waals surface area contributed by atoms with Crippen LogP contribution in [0.2, 0.25) is 0 Å². The molecule has 20 heavy (non-hydrogen) atoms. The van der Waals surface area contributed by atoms with E-state index in [9.17, 15) is 9.18 Å². The lowest BCUT2D eigenvalue weighted by Gasteiger charge is -2.33. The third-order valence-electron chi connectivity index (χ3n) is 3.51. The van der Waals surface area contributed by atoms with Gasteiger partial charge in [0.1, 0.15) is 5.82 Å². The molecule has 1 saturated heterocycles. The molecule has 1 fully saturated rings. The summed E-state index contributed by atoms with van der Waals surface area (Å²) in [7, 11) is 0. The summed E-state index contributed by atoms with van der Waals surface area (Å²) in [6, 6.07) is 6.64. The topological polar surface area (TPSA) is 32.3 Å². The summed E-state index contributed by atoms with van der Waals surface area (Å²) in [4.78, 5) is 14.0. The van der Waals surface area contributed by atoms with E-state index >= 15 is 0 Å². The summed E-state index contributed by atoms with van der Waals surface area (Å²) in [5.74, 6) is 0.892. The standard InChI is InChI=1S/C15H21FN2OS/c1-20-10-8-15(19)18-9-2-3-14(11-18)17-13-6-4-12(16)5-7-13/h4-7,14,17H,2-3,8-11H2,1H3. The van der Waals surface area contributed by atoms with E-state index in [1.54, 1.807) is 23.9 Å². The third-order valence-corrected chi connectivity index (χ3v) is 4.12. The first kappa shape index (κ1) is 15.2. The molecular weight excluding hydrogens is 275 g/mol. The number of carbonyl (C=O) groups excluding carboxylic acids is 1. The van der Waals surface area contributed by atoms with Gasteiger partial charge in [-0.2, -0.15) is 11.8 Å². The zero-order chi connectivity index (χ0) is 14.4. The summed E-state index contributed by atoms with van der Waals surface area (Å²) in [6.07, 6.45) is 4.69. The van der Waals surface area contributed by atoms with Crippen molar-refractivity contribution in [2.45, 2.75) is 25.3 Å². The van der Waals surface area contributed by atoms with E-state index in [4.69, 9.17) is 0 Å². The van der Waals surface area contributed by atoms with Crippen LogP contribution in [0.5, 0.6) is 0 Å². The van der Waals surface area contributed by atoms with E-state index in [-0.39, 0.29) is 17.8 Å². The van der Waals surface area contributed by atoms with Crippen LogP contribution in [-0.4, -0.2) is 41.9 Å². The monoisotopic (exact) mass is 296 g/mol. The molecule has 3 nitrogen and oxygen atoms in total. The fraction of sp³-hybridized carbons (Fsp3) is 0.533. The molecule has 110 valence electrons. The highest BCUT2D eigenvalue weighted by Gasteiger charge is 2.23. The van der Waals surface area contributed by atoms with Crippen LogP contribution in [-0.2, 0) is 4.79 Å². The van der Waals surface area contributed by atoms with Gasteiger partial charge in [0, 0.05) is 37.0 Å². The fourth-order valence-corrected chi connectivity index (χ4v) is 2.83. The average Bonchev–Trinajstić information content (AvgIpc) is 2.47. The van der Waals surface area contributed by atoms with Gasteiger partial charge in [0.25, 0.3) is 0 Å². The van der Waals surface area contributed by atoms with E-state index < -0.39 is 0 Å². The lowest BCUT2D eigenvalue weighted by molar-refractivity contribution is -0.131. The molecule has 1 aromatic carbocycles. The maximum absolute atomic E-state index is 12.9. The van der Waals surface area contributed by atoms with Crippen LogP contribution in [0.15, 0.2) is 24.3 Å². The number of carbonyl (C=O) groups is 1. The first-order valence-corrected chi connectivity index (χ1v) is 8.37. The SMILES string of the molecule is CSCCC(=O)N1CCCC(Nc2ccc(F)cc2)C1. The molecule has 1 amide bonds. The zero-order valence-electron chi connectivity index (χ0n) is 11.8. The number of likely N-dealkylation sites (tertiary alicyclic amines) is 1. The molecule has 0 aliphatic carbocycles. The van der Waals surface area contributed by atoms with E-state index in [2.05, 4.69) is 5.32 Å². The van der Waals surface area contributed by atoms with Crippen molar-refractivity contribution in [1.29, 1.82) is 0 Å². The van der Waals surface area contributed by atoms with Crippen LogP contribution in [0.25, 0.3) is 0 Å². The minimum absolute atomic E-state index is 0.229. The van der Waals surface area contributed by atoms with Crippen LogP contribution >= 0.6 is 11.8 Å². The number of halogens is 1. The third kappa shape index (κ3) is 4.40. The van der Waals surface area contributed by atoms with E-state index in [0.717, 1.165) is 37.4 Å². The van der Waals surface area contributed by atoms with Gasteiger partial charge in [0.15, 0.2) is 0 Å². The molecule has 0 bridgehead atoms. The molecule has 1 atom stereocenters. The Morgan fingerprint density at radius 3 is 2.90 bits per heavy atom. The molecule has 1 aliphatic rings. The van der Waals surface area contributed by atoms with Crippen molar-refractivity contribution in [3.05, 3.63) is 30.1 Å². The maximum Gasteiger partial charge on any atom is 0.223 e. The van der Waals surface area contributed by atoms with Crippen molar-refractivity contribution < 1.29 is 9.18 Å². The molecule has 5 heteroatoms. The Morgan fingerprint density at radius 1 is 1.45 bits per heavy atom. The lowest BCUT2D eigenvalue weighted by atomic mass is 10.0. The average molecular weight is 296 g/mol. The van der Waals surface area contributed by atoms with Gasteiger partial charge < -0.3 is 10.2 Å². The molecular formula is C15H21FN2OS. The van der Waals surface area contributed by atoms with Crippen LogP contribution in [0.1, 0.15) is 19.3 Å². The molecule has 1 heterocycles. The molecule has 2 rings (SSSR count). The fourth-order valence-electron chi connectivity index (χ4n) is 2.45. The molecule has 1 aromatic rings. The minimum Gasteiger partial charge on any atom is -0.381 e. The van der Waals surface area contributed by atoms with E-state index in [1.807, 2.05) is 11.2 Å². The summed E-state index contributed by atoms with van der Waals surface area (Å²) in [5, 5.41) is 3.38. The normalized spacial score (nSPS) is 18.9. The highest BCUT2D eigenvalue weighted by atomic mass is 32.2. The summed E-state index contributed by atoms with van der Waals surface area (Å²) < 4.78 is 12.9. The minimum atomic E-state index is -0.229. The van der Waals surface area contributed by atoms with Gasteiger partial charge in [-0.1, -0.05) is 0 Å². The number of piperidine rings is 1. The smallest absolute Gasteiger partial charge is 0.223 e. The molecule has 0 aromatic heterocycles. The number of thioether (sulfide) groups is 1. The Kier molecular flexibility index (Phi) is 5.71. The second-order valence-corrected chi connectivity index (χ2v) is 6.06. The van der Waals surface area contributed by atoms with Gasteiger partial charge in [0.2, 0.25) is 5.91 Å². The predicted molar refractivity (Wildman–Crippen MR) is 82.6 cm³/mol. The van der Waals surface area contributed by atoms with Gasteiger partial charge >= 0.3 is 0 Å². The number of amides is 1. The first-order chi connectivity index (χ1) is 9.69. The Balaban J connectivity index is 1.86. The van der Waals surface area contributed by atoms with Crippen molar-refractivity contribution in [1.82, 2.24) is 4.90 Å². The summed E-state index contributed by atoms with van der Waals surface area (Å²) >= 11 is 1.70. The van der Waals surface area contributed by atoms with Crippen LogP contribution < -0.4 is 5.32 Å². The molecule has 1 aliphatic heterocycles. The van der Waals surface area contributed by atoms with Gasteiger partial charge in [-0.05, 0) is 43.4 Å². The van der Waals surface area contributed by atoms with Gasteiger partial charge in [-0.15, -0.1) is 0 Å². The van der Waals surface area contributed by atoms with E-state index in [1.165, 1.54) is 12.1 Å². The number of hydrogen-bond donors (Lipinski definition) is 1. The Labute approximate surface area is 123 Å². The second-order valence-electron chi connectivity index (χ2n) is 5.07. The highest BCUT2D eigenvalue weighted by molar-refractivity contribution is 7.98.